The molecule has 1 heterocycles. The van der Waals surface area contributed by atoms with Crippen LogP contribution in [0.3, 0.4) is 0 Å². The first-order chi connectivity index (χ1) is 19.9. The van der Waals surface area contributed by atoms with Gasteiger partial charge in [0.1, 0.15) is 18.1 Å². The Labute approximate surface area is 238 Å². The van der Waals surface area contributed by atoms with E-state index < -0.39 is 23.8 Å². The van der Waals surface area contributed by atoms with Crippen LogP contribution in [0.25, 0.3) is 0 Å². The number of urea groups is 1. The minimum Gasteiger partial charge on any atom is -0.495 e. The number of hydrogen-bond acceptors (Lipinski definition) is 7. The van der Waals surface area contributed by atoms with Crippen LogP contribution in [0, 0.1) is 5.82 Å². The molecule has 0 aliphatic carbocycles. The molecule has 0 fully saturated rings. The molecule has 1 N–H and O–H groups in total. The van der Waals surface area contributed by atoms with Gasteiger partial charge < -0.3 is 29.2 Å². The van der Waals surface area contributed by atoms with Crippen LogP contribution >= 0.6 is 0 Å². The summed E-state index contributed by atoms with van der Waals surface area (Å²) >= 11 is 0. The van der Waals surface area contributed by atoms with Crippen LogP contribution in [0.1, 0.15) is 23.6 Å². The summed E-state index contributed by atoms with van der Waals surface area (Å²) in [6, 6.07) is 17.5. The topological polar surface area (TPSA) is 102 Å². The van der Waals surface area contributed by atoms with Crippen molar-refractivity contribution in [2.24, 2.45) is 5.10 Å². The smallest absolute Gasteiger partial charge is 0.322 e. The van der Waals surface area contributed by atoms with E-state index in [1.54, 1.807) is 54.6 Å². The van der Waals surface area contributed by atoms with E-state index in [1.807, 2.05) is 6.07 Å². The minimum absolute atomic E-state index is 0.141. The maximum absolute atomic E-state index is 14.7. The maximum atomic E-state index is 14.7. The number of rotatable bonds is 11. The Morgan fingerprint density at radius 2 is 1.66 bits per heavy atom. The molecular formula is C30H33FN4O6. The first kappa shape index (κ1) is 29.3. The van der Waals surface area contributed by atoms with Crippen molar-refractivity contribution >= 4 is 23.3 Å². The summed E-state index contributed by atoms with van der Waals surface area (Å²) in [5.41, 5.74) is 1.89. The van der Waals surface area contributed by atoms with E-state index in [4.69, 9.17) is 18.9 Å². The van der Waals surface area contributed by atoms with Gasteiger partial charge in [-0.15, -0.1) is 0 Å². The molecule has 0 unspecified atom stereocenters. The fourth-order valence-electron chi connectivity index (χ4n) is 4.55. The van der Waals surface area contributed by atoms with Crippen LogP contribution in [0.2, 0.25) is 0 Å². The molecule has 3 aromatic carbocycles. The van der Waals surface area contributed by atoms with E-state index in [2.05, 4.69) is 10.4 Å². The van der Waals surface area contributed by atoms with Crippen molar-refractivity contribution in [3.8, 4) is 17.2 Å². The number of carbonyl (C=O) groups excluding carboxylic acids is 2. The van der Waals surface area contributed by atoms with Crippen LogP contribution in [0.5, 0.6) is 17.2 Å². The van der Waals surface area contributed by atoms with Crippen molar-refractivity contribution in [3.05, 3.63) is 83.7 Å². The zero-order valence-electron chi connectivity index (χ0n) is 23.4. The second kappa shape index (κ2) is 13.6. The molecule has 10 nitrogen and oxygen atoms in total. The number of nitrogens with zero attached hydrogens (tertiary/aromatic N) is 3. The highest BCUT2D eigenvalue weighted by atomic mass is 19.1. The number of halogens is 1. The first-order valence-corrected chi connectivity index (χ1v) is 12.9. The quantitative estimate of drug-likeness (QED) is 0.362. The van der Waals surface area contributed by atoms with Gasteiger partial charge in [0, 0.05) is 25.6 Å². The minimum atomic E-state index is -0.571. The number of hydrazone groups is 1. The molecular weight excluding hydrogens is 531 g/mol. The molecule has 4 rings (SSSR count). The summed E-state index contributed by atoms with van der Waals surface area (Å²) < 4.78 is 36.1. The van der Waals surface area contributed by atoms with Crippen molar-refractivity contribution in [1.82, 2.24) is 9.91 Å². The van der Waals surface area contributed by atoms with E-state index in [0.717, 1.165) is 0 Å². The molecule has 0 bridgehead atoms. The molecule has 3 amide bonds. The molecule has 0 saturated carbocycles. The third-order valence-corrected chi connectivity index (χ3v) is 6.67. The van der Waals surface area contributed by atoms with Crippen molar-refractivity contribution < 1.29 is 32.9 Å². The van der Waals surface area contributed by atoms with Gasteiger partial charge in [-0.05, 0) is 35.9 Å². The zero-order chi connectivity index (χ0) is 29.4. The Kier molecular flexibility index (Phi) is 9.75. The van der Waals surface area contributed by atoms with E-state index >= 15 is 0 Å². The Bertz CT molecular complexity index is 1420. The van der Waals surface area contributed by atoms with Crippen molar-refractivity contribution in [2.75, 3.05) is 53.5 Å². The number of benzene rings is 3. The molecule has 3 aromatic rings. The van der Waals surface area contributed by atoms with Gasteiger partial charge in [0.25, 0.3) is 5.91 Å². The number of carbonyl (C=O) groups is 2. The predicted molar refractivity (Wildman–Crippen MR) is 152 cm³/mol. The summed E-state index contributed by atoms with van der Waals surface area (Å²) in [7, 11) is 6.07. The molecule has 1 atom stereocenters. The van der Waals surface area contributed by atoms with E-state index in [9.17, 15) is 14.0 Å². The monoisotopic (exact) mass is 564 g/mol. The molecule has 1 aliphatic rings. The Hall–Kier alpha value is -4.64. The largest absolute Gasteiger partial charge is 0.495 e. The van der Waals surface area contributed by atoms with Gasteiger partial charge in [-0.25, -0.2) is 14.2 Å². The summed E-state index contributed by atoms with van der Waals surface area (Å²) in [6.07, 6.45) is 0.258. The van der Waals surface area contributed by atoms with Crippen molar-refractivity contribution in [1.29, 1.82) is 0 Å². The van der Waals surface area contributed by atoms with E-state index in [-0.39, 0.29) is 26.1 Å². The Balaban J connectivity index is 1.64. The van der Waals surface area contributed by atoms with E-state index in [1.165, 1.54) is 44.4 Å². The average molecular weight is 565 g/mol. The molecule has 0 aromatic heterocycles. The lowest BCUT2D eigenvalue weighted by atomic mass is 9.97. The molecule has 1 aliphatic heterocycles. The number of amides is 3. The molecule has 0 saturated heterocycles. The van der Waals surface area contributed by atoms with Gasteiger partial charge in [-0.1, -0.05) is 36.4 Å². The number of anilines is 1. The van der Waals surface area contributed by atoms with Crippen LogP contribution in [0.15, 0.2) is 71.8 Å². The second-order valence-corrected chi connectivity index (χ2v) is 9.14. The third kappa shape index (κ3) is 6.75. The molecule has 41 heavy (non-hydrogen) atoms. The number of para-hydroxylation sites is 2. The Morgan fingerprint density at radius 3 is 2.37 bits per heavy atom. The van der Waals surface area contributed by atoms with Crippen LogP contribution < -0.4 is 19.5 Å². The lowest BCUT2D eigenvalue weighted by molar-refractivity contribution is -0.133. The van der Waals surface area contributed by atoms with Crippen LogP contribution in [0.4, 0.5) is 14.9 Å². The lowest BCUT2D eigenvalue weighted by Gasteiger charge is -2.27. The first-order valence-electron chi connectivity index (χ1n) is 12.9. The van der Waals surface area contributed by atoms with Gasteiger partial charge in [-0.2, -0.15) is 5.10 Å². The van der Waals surface area contributed by atoms with Crippen LogP contribution in [-0.2, 0) is 9.53 Å². The fraction of sp³-hybridized carbons (Fsp3) is 0.300. The SMILES string of the molecule is COCCN(CC(=O)N1N=C(c2ccccc2F)C[C@H]1c1ccc(OC)c(OC)c1)C(=O)Nc1ccccc1OC. The lowest BCUT2D eigenvalue weighted by Crippen LogP contribution is -2.44. The number of nitrogens with one attached hydrogen (secondary N) is 1. The molecule has 0 radical (unpaired) electrons. The number of methoxy groups -OCH3 is 4. The fourth-order valence-corrected chi connectivity index (χ4v) is 4.55. The summed E-state index contributed by atoms with van der Waals surface area (Å²) in [5.74, 6) is 0.591. The normalized spacial score (nSPS) is 14.3. The Morgan fingerprint density at radius 1 is 0.951 bits per heavy atom. The number of ether oxygens (including phenoxy) is 4. The van der Waals surface area contributed by atoms with Gasteiger partial charge in [0.2, 0.25) is 0 Å². The highest BCUT2D eigenvalue weighted by molar-refractivity contribution is 6.03. The van der Waals surface area contributed by atoms with Crippen LogP contribution in [-0.4, -0.2) is 75.7 Å². The van der Waals surface area contributed by atoms with Gasteiger partial charge in [0.05, 0.1) is 45.4 Å². The molecule has 0 spiro atoms. The second-order valence-electron chi connectivity index (χ2n) is 9.14. The summed E-state index contributed by atoms with van der Waals surface area (Å²) in [6.45, 7) is 0.0413. The average Bonchev–Trinajstić information content (AvgIpc) is 3.44. The highest BCUT2D eigenvalue weighted by Crippen LogP contribution is 2.37. The van der Waals surface area contributed by atoms with Gasteiger partial charge in [0.15, 0.2) is 11.5 Å². The van der Waals surface area contributed by atoms with Crippen molar-refractivity contribution in [2.45, 2.75) is 12.5 Å². The third-order valence-electron chi connectivity index (χ3n) is 6.67. The maximum Gasteiger partial charge on any atom is 0.322 e. The zero-order valence-corrected chi connectivity index (χ0v) is 23.4. The molecule has 11 heteroatoms. The summed E-state index contributed by atoms with van der Waals surface area (Å²) in [4.78, 5) is 28.4. The predicted octanol–water partition coefficient (Wildman–Crippen LogP) is 4.71. The van der Waals surface area contributed by atoms with E-state index in [0.29, 0.717) is 39.8 Å². The highest BCUT2D eigenvalue weighted by Gasteiger charge is 2.35. The summed E-state index contributed by atoms with van der Waals surface area (Å²) in [5, 5.41) is 8.66. The standard InChI is InChI=1S/C30H33FN4O6/c1-38-16-15-34(30(37)32-23-11-7-8-12-26(23)39-2)19-29(36)35-25(20-13-14-27(40-3)28(17-20)41-4)18-24(33-35)21-9-5-6-10-22(21)31/h5-14,17,25H,15-16,18-19H2,1-4H3,(H,32,37)/t25-/m0/s1. The van der Waals surface area contributed by atoms with Gasteiger partial charge in [-0.3, -0.25) is 4.79 Å². The number of hydrogen-bond donors (Lipinski definition) is 1. The van der Waals surface area contributed by atoms with Gasteiger partial charge >= 0.3 is 6.03 Å². The molecule has 216 valence electrons. The van der Waals surface area contributed by atoms with Crippen molar-refractivity contribution in [3.63, 3.8) is 0 Å².